The molecule has 0 aromatic carbocycles. The van der Waals surface area contributed by atoms with Gasteiger partial charge in [0.2, 0.25) is 5.91 Å². The maximum Gasteiger partial charge on any atom is 0.239 e. The summed E-state index contributed by atoms with van der Waals surface area (Å²) >= 11 is 0. The molecule has 1 amide bonds. The third kappa shape index (κ3) is 1.38. The molecule has 1 saturated heterocycles. The van der Waals surface area contributed by atoms with Crippen molar-refractivity contribution >= 4 is 5.91 Å². The average molecular weight is 156 g/mol. The summed E-state index contributed by atoms with van der Waals surface area (Å²) in [5.41, 5.74) is 0. The fourth-order valence-corrected chi connectivity index (χ4v) is 1.45. The molecule has 0 spiro atoms. The molecule has 0 unspecified atom stereocenters. The Morgan fingerprint density at radius 1 is 1.36 bits per heavy atom. The van der Waals surface area contributed by atoms with Crippen LogP contribution in [0, 0.1) is 0 Å². The third-order valence-electron chi connectivity index (χ3n) is 2.57. The van der Waals surface area contributed by atoms with Crippen molar-refractivity contribution in [3.05, 3.63) is 0 Å². The predicted molar refractivity (Wildman–Crippen MR) is 44.3 cm³/mol. The Morgan fingerprint density at radius 3 is 2.45 bits per heavy atom. The van der Waals surface area contributed by atoms with Gasteiger partial charge in [-0.05, 0) is 20.8 Å². The summed E-state index contributed by atoms with van der Waals surface area (Å²) in [4.78, 5) is 13.2. The molecule has 1 rings (SSSR count). The van der Waals surface area contributed by atoms with E-state index in [1.165, 1.54) is 0 Å². The molecule has 0 aromatic heterocycles. The standard InChI is InChI=1S/C8H16N2O/c1-5-7(3)10(4)8(11)6(2)9-5/h5-7,9H,1-4H3/t5-,6-,7+/m0/s1. The molecule has 0 bridgehead atoms. The molecular weight excluding hydrogens is 140 g/mol. The molecule has 1 heterocycles. The number of likely N-dealkylation sites (N-methyl/N-ethyl adjacent to an activating group) is 1. The van der Waals surface area contributed by atoms with Crippen LogP contribution in [0.3, 0.4) is 0 Å². The smallest absolute Gasteiger partial charge is 0.239 e. The largest absolute Gasteiger partial charge is 0.340 e. The zero-order chi connectivity index (χ0) is 8.59. The van der Waals surface area contributed by atoms with Gasteiger partial charge in [-0.1, -0.05) is 0 Å². The molecule has 11 heavy (non-hydrogen) atoms. The van der Waals surface area contributed by atoms with Crippen LogP contribution in [-0.2, 0) is 4.79 Å². The van der Waals surface area contributed by atoms with Crippen LogP contribution in [0.25, 0.3) is 0 Å². The lowest BCUT2D eigenvalue weighted by Crippen LogP contribution is -2.61. The van der Waals surface area contributed by atoms with E-state index in [1.54, 1.807) is 0 Å². The number of hydrogen-bond acceptors (Lipinski definition) is 2. The molecule has 3 nitrogen and oxygen atoms in total. The Balaban J connectivity index is 2.70. The number of piperazine rings is 1. The lowest BCUT2D eigenvalue weighted by atomic mass is 10.0. The highest BCUT2D eigenvalue weighted by Gasteiger charge is 2.31. The van der Waals surface area contributed by atoms with Gasteiger partial charge in [0.1, 0.15) is 0 Å². The molecule has 0 aromatic rings. The third-order valence-corrected chi connectivity index (χ3v) is 2.57. The molecule has 1 fully saturated rings. The molecular formula is C8H16N2O. The van der Waals surface area contributed by atoms with Crippen molar-refractivity contribution in [2.24, 2.45) is 0 Å². The van der Waals surface area contributed by atoms with Gasteiger partial charge in [-0.15, -0.1) is 0 Å². The number of nitrogens with zero attached hydrogens (tertiary/aromatic N) is 1. The van der Waals surface area contributed by atoms with E-state index in [-0.39, 0.29) is 11.9 Å². The van der Waals surface area contributed by atoms with Gasteiger partial charge in [0, 0.05) is 19.1 Å². The van der Waals surface area contributed by atoms with Gasteiger partial charge in [-0.2, -0.15) is 0 Å². The van der Waals surface area contributed by atoms with Crippen LogP contribution in [0.4, 0.5) is 0 Å². The minimum Gasteiger partial charge on any atom is -0.340 e. The molecule has 0 aliphatic carbocycles. The Labute approximate surface area is 67.8 Å². The summed E-state index contributed by atoms with van der Waals surface area (Å²) in [5, 5.41) is 3.22. The van der Waals surface area contributed by atoms with E-state index in [0.717, 1.165) is 0 Å². The number of rotatable bonds is 0. The first-order valence-corrected chi connectivity index (χ1v) is 4.06. The van der Waals surface area contributed by atoms with Crippen molar-refractivity contribution in [1.82, 2.24) is 10.2 Å². The van der Waals surface area contributed by atoms with E-state index in [1.807, 2.05) is 18.9 Å². The fraction of sp³-hybridized carbons (Fsp3) is 0.875. The fourth-order valence-electron chi connectivity index (χ4n) is 1.45. The number of amides is 1. The first kappa shape index (κ1) is 8.53. The van der Waals surface area contributed by atoms with Crippen LogP contribution in [0.15, 0.2) is 0 Å². The Bertz CT molecular complexity index is 169. The van der Waals surface area contributed by atoms with Gasteiger partial charge in [-0.3, -0.25) is 4.79 Å². The number of nitrogens with one attached hydrogen (secondary N) is 1. The lowest BCUT2D eigenvalue weighted by Gasteiger charge is -2.39. The van der Waals surface area contributed by atoms with Gasteiger partial charge in [0.15, 0.2) is 0 Å². The van der Waals surface area contributed by atoms with E-state index in [9.17, 15) is 4.79 Å². The normalized spacial score (nSPS) is 39.5. The van der Waals surface area contributed by atoms with Crippen molar-refractivity contribution in [3.63, 3.8) is 0 Å². The monoisotopic (exact) mass is 156 g/mol. The second kappa shape index (κ2) is 2.81. The molecule has 0 saturated carbocycles. The van der Waals surface area contributed by atoms with E-state index >= 15 is 0 Å². The summed E-state index contributed by atoms with van der Waals surface area (Å²) in [6.07, 6.45) is 0. The number of carbonyl (C=O) groups excluding carboxylic acids is 1. The maximum atomic E-state index is 11.3. The highest BCUT2D eigenvalue weighted by atomic mass is 16.2. The highest BCUT2D eigenvalue weighted by molar-refractivity contribution is 5.82. The van der Waals surface area contributed by atoms with Gasteiger partial charge < -0.3 is 10.2 Å². The summed E-state index contributed by atoms with van der Waals surface area (Å²) in [7, 11) is 1.86. The Morgan fingerprint density at radius 2 is 1.91 bits per heavy atom. The highest BCUT2D eigenvalue weighted by Crippen LogP contribution is 2.10. The molecule has 1 aliphatic heterocycles. The topological polar surface area (TPSA) is 32.3 Å². The predicted octanol–water partition coefficient (Wildman–Crippen LogP) is 0.213. The number of carbonyl (C=O) groups is 1. The van der Waals surface area contributed by atoms with E-state index in [2.05, 4.69) is 19.2 Å². The van der Waals surface area contributed by atoms with Crippen molar-refractivity contribution in [2.75, 3.05) is 7.05 Å². The zero-order valence-electron chi connectivity index (χ0n) is 7.59. The van der Waals surface area contributed by atoms with E-state index < -0.39 is 0 Å². The zero-order valence-corrected chi connectivity index (χ0v) is 7.59. The first-order chi connectivity index (χ1) is 5.04. The van der Waals surface area contributed by atoms with Gasteiger partial charge in [-0.25, -0.2) is 0 Å². The van der Waals surface area contributed by atoms with Crippen molar-refractivity contribution in [1.29, 1.82) is 0 Å². The van der Waals surface area contributed by atoms with Crippen LogP contribution in [-0.4, -0.2) is 36.0 Å². The summed E-state index contributed by atoms with van der Waals surface area (Å²) in [6.45, 7) is 6.06. The van der Waals surface area contributed by atoms with Crippen LogP contribution < -0.4 is 5.32 Å². The summed E-state index contributed by atoms with van der Waals surface area (Å²) in [5.74, 6) is 0.190. The second-order valence-electron chi connectivity index (χ2n) is 3.37. The van der Waals surface area contributed by atoms with Crippen LogP contribution in [0.5, 0.6) is 0 Å². The molecule has 3 heteroatoms. The van der Waals surface area contributed by atoms with Gasteiger partial charge in [0.05, 0.1) is 6.04 Å². The summed E-state index contributed by atoms with van der Waals surface area (Å²) in [6, 6.07) is 0.678. The SMILES string of the molecule is C[C@@H]1N[C@@H](C)[C@@H](C)N(C)C1=O. The Kier molecular flexibility index (Phi) is 2.18. The van der Waals surface area contributed by atoms with Gasteiger partial charge in [0.25, 0.3) is 0 Å². The minimum atomic E-state index is -0.0220. The van der Waals surface area contributed by atoms with E-state index in [0.29, 0.717) is 12.1 Å². The van der Waals surface area contributed by atoms with Crippen LogP contribution in [0.1, 0.15) is 20.8 Å². The number of hydrogen-bond donors (Lipinski definition) is 1. The second-order valence-corrected chi connectivity index (χ2v) is 3.37. The van der Waals surface area contributed by atoms with Crippen molar-refractivity contribution in [3.8, 4) is 0 Å². The minimum absolute atomic E-state index is 0.0220. The Hall–Kier alpha value is -0.570. The summed E-state index contributed by atoms with van der Waals surface area (Å²) < 4.78 is 0. The average Bonchev–Trinajstić information content (AvgIpc) is 1.97. The quantitative estimate of drug-likeness (QED) is 0.544. The molecule has 3 atom stereocenters. The molecule has 64 valence electrons. The molecule has 1 N–H and O–H groups in total. The molecule has 1 aliphatic rings. The first-order valence-electron chi connectivity index (χ1n) is 4.06. The maximum absolute atomic E-state index is 11.3. The molecule has 0 radical (unpaired) electrons. The van der Waals surface area contributed by atoms with Crippen molar-refractivity contribution in [2.45, 2.75) is 38.9 Å². The lowest BCUT2D eigenvalue weighted by molar-refractivity contribution is -0.137. The van der Waals surface area contributed by atoms with Crippen molar-refractivity contribution < 1.29 is 4.79 Å². The van der Waals surface area contributed by atoms with Crippen LogP contribution in [0.2, 0.25) is 0 Å². The van der Waals surface area contributed by atoms with Gasteiger partial charge >= 0.3 is 0 Å². The van der Waals surface area contributed by atoms with Crippen LogP contribution >= 0.6 is 0 Å². The van der Waals surface area contributed by atoms with E-state index in [4.69, 9.17) is 0 Å².